The lowest BCUT2D eigenvalue weighted by Crippen LogP contribution is -2.42. The van der Waals surface area contributed by atoms with Crippen LogP contribution in [0.15, 0.2) is 0 Å². The molecule has 6 heteroatoms. The molecule has 0 aromatic carbocycles. The van der Waals surface area contributed by atoms with Crippen LogP contribution < -0.4 is 5.32 Å². The van der Waals surface area contributed by atoms with Gasteiger partial charge < -0.3 is 14.6 Å². The van der Waals surface area contributed by atoms with Crippen LogP contribution in [0.4, 0.5) is 0 Å². The Kier molecular flexibility index (Phi) is 5.48. The third-order valence-electron chi connectivity index (χ3n) is 1.10. The first-order valence-electron chi connectivity index (χ1n) is 3.23. The normalized spacial score (nSPS) is 11.9. The van der Waals surface area contributed by atoms with E-state index in [0.29, 0.717) is 12.0 Å². The SMILES string of the molecule is COC(=O)[C@@H](CSO)NC(C)=O. The van der Waals surface area contributed by atoms with Crippen molar-refractivity contribution in [3.05, 3.63) is 0 Å². The van der Waals surface area contributed by atoms with Crippen LogP contribution in [-0.2, 0) is 14.3 Å². The predicted octanol–water partition coefficient (Wildman–Crippen LogP) is -0.130. The first-order valence-corrected chi connectivity index (χ1v) is 4.17. The van der Waals surface area contributed by atoms with Gasteiger partial charge in [0.1, 0.15) is 6.04 Å². The fraction of sp³-hybridized carbons (Fsp3) is 0.667. The number of nitrogens with one attached hydrogen (secondary N) is 1. The third-order valence-corrected chi connectivity index (χ3v) is 1.59. The Morgan fingerprint density at radius 1 is 1.67 bits per heavy atom. The van der Waals surface area contributed by atoms with E-state index in [9.17, 15) is 9.59 Å². The van der Waals surface area contributed by atoms with Crippen molar-refractivity contribution in [2.45, 2.75) is 13.0 Å². The highest BCUT2D eigenvalue weighted by Gasteiger charge is 2.19. The average Bonchev–Trinajstić information content (AvgIpc) is 2.01. The monoisotopic (exact) mass is 193 g/mol. The number of amides is 1. The van der Waals surface area contributed by atoms with Gasteiger partial charge in [-0.15, -0.1) is 0 Å². The zero-order valence-corrected chi connectivity index (χ0v) is 7.68. The molecule has 0 saturated carbocycles. The Bertz CT molecular complexity index is 173. The number of carbonyl (C=O) groups is 2. The van der Waals surface area contributed by atoms with E-state index in [-0.39, 0.29) is 11.7 Å². The summed E-state index contributed by atoms with van der Waals surface area (Å²) in [5.74, 6) is -0.807. The molecule has 1 atom stereocenters. The van der Waals surface area contributed by atoms with Crippen LogP contribution in [0, 0.1) is 0 Å². The van der Waals surface area contributed by atoms with Crippen molar-refractivity contribution in [2.75, 3.05) is 12.9 Å². The highest BCUT2D eigenvalue weighted by Crippen LogP contribution is 1.98. The molecule has 0 aliphatic heterocycles. The van der Waals surface area contributed by atoms with E-state index < -0.39 is 12.0 Å². The topological polar surface area (TPSA) is 75.6 Å². The molecule has 0 aromatic heterocycles. The minimum absolute atomic E-state index is 0.0895. The lowest BCUT2D eigenvalue weighted by molar-refractivity contribution is -0.144. The Morgan fingerprint density at radius 3 is 2.58 bits per heavy atom. The van der Waals surface area contributed by atoms with Gasteiger partial charge in [0.15, 0.2) is 0 Å². The Morgan fingerprint density at radius 2 is 2.25 bits per heavy atom. The lowest BCUT2D eigenvalue weighted by atomic mass is 10.3. The van der Waals surface area contributed by atoms with E-state index >= 15 is 0 Å². The van der Waals surface area contributed by atoms with Crippen molar-refractivity contribution >= 4 is 23.9 Å². The van der Waals surface area contributed by atoms with E-state index in [4.69, 9.17) is 4.55 Å². The van der Waals surface area contributed by atoms with Crippen LogP contribution >= 0.6 is 12.0 Å². The smallest absolute Gasteiger partial charge is 0.329 e. The van der Waals surface area contributed by atoms with Crippen LogP contribution in [0.3, 0.4) is 0 Å². The quantitative estimate of drug-likeness (QED) is 0.480. The summed E-state index contributed by atoms with van der Waals surface area (Å²) in [6.07, 6.45) is 0. The average molecular weight is 193 g/mol. The van der Waals surface area contributed by atoms with Crippen molar-refractivity contribution in [3.8, 4) is 0 Å². The minimum Gasteiger partial charge on any atom is -0.467 e. The second-order valence-electron chi connectivity index (χ2n) is 2.07. The molecule has 0 radical (unpaired) electrons. The molecule has 2 N–H and O–H groups in total. The first-order chi connectivity index (χ1) is 5.61. The molecule has 12 heavy (non-hydrogen) atoms. The highest BCUT2D eigenvalue weighted by molar-refractivity contribution is 7.93. The number of hydrogen-bond donors (Lipinski definition) is 2. The number of esters is 1. The molecule has 0 aromatic rings. The molecule has 0 rings (SSSR count). The molecule has 0 unspecified atom stereocenters. The van der Waals surface area contributed by atoms with Gasteiger partial charge in [0.2, 0.25) is 5.91 Å². The van der Waals surface area contributed by atoms with Crippen molar-refractivity contribution in [2.24, 2.45) is 0 Å². The molecular formula is C6H11NO4S. The summed E-state index contributed by atoms with van der Waals surface area (Å²) >= 11 is 0.480. The van der Waals surface area contributed by atoms with E-state index in [2.05, 4.69) is 10.1 Å². The first kappa shape index (κ1) is 11.2. The molecule has 0 aliphatic rings. The van der Waals surface area contributed by atoms with Gasteiger partial charge in [0.05, 0.1) is 12.9 Å². The molecule has 1 amide bonds. The fourth-order valence-electron chi connectivity index (χ4n) is 0.631. The van der Waals surface area contributed by atoms with Gasteiger partial charge in [-0.05, 0) is 12.0 Å². The van der Waals surface area contributed by atoms with Crippen LogP contribution in [0.1, 0.15) is 6.92 Å². The number of methoxy groups -OCH3 is 1. The summed E-state index contributed by atoms with van der Waals surface area (Å²) in [7, 11) is 1.22. The van der Waals surface area contributed by atoms with Crippen LogP contribution in [0.5, 0.6) is 0 Å². The Balaban J connectivity index is 4.02. The largest absolute Gasteiger partial charge is 0.467 e. The lowest BCUT2D eigenvalue weighted by Gasteiger charge is -2.12. The maximum atomic E-state index is 10.9. The Labute approximate surface area is 74.7 Å². The number of ether oxygens (including phenoxy) is 1. The fourth-order valence-corrected chi connectivity index (χ4v) is 0.999. The molecular weight excluding hydrogens is 182 g/mol. The van der Waals surface area contributed by atoms with Gasteiger partial charge in [0.25, 0.3) is 0 Å². The molecule has 70 valence electrons. The van der Waals surface area contributed by atoms with Gasteiger partial charge in [-0.2, -0.15) is 0 Å². The van der Waals surface area contributed by atoms with Gasteiger partial charge in [0, 0.05) is 6.92 Å². The van der Waals surface area contributed by atoms with E-state index in [1.807, 2.05) is 0 Å². The summed E-state index contributed by atoms with van der Waals surface area (Å²) in [6, 6.07) is -0.775. The second-order valence-corrected chi connectivity index (χ2v) is 2.66. The van der Waals surface area contributed by atoms with Crippen molar-refractivity contribution in [1.82, 2.24) is 5.32 Å². The van der Waals surface area contributed by atoms with E-state index in [1.165, 1.54) is 14.0 Å². The molecule has 0 saturated heterocycles. The van der Waals surface area contributed by atoms with Crippen molar-refractivity contribution in [1.29, 1.82) is 0 Å². The third kappa shape index (κ3) is 4.20. The second kappa shape index (κ2) is 5.84. The van der Waals surface area contributed by atoms with Crippen molar-refractivity contribution in [3.63, 3.8) is 0 Å². The molecule has 0 fully saturated rings. The highest BCUT2D eigenvalue weighted by atomic mass is 32.2. The minimum atomic E-state index is -0.775. The van der Waals surface area contributed by atoms with Gasteiger partial charge in [-0.25, -0.2) is 4.79 Å². The van der Waals surface area contributed by atoms with E-state index in [1.54, 1.807) is 0 Å². The zero-order valence-electron chi connectivity index (χ0n) is 6.86. The standard InChI is InChI=1S/C6H11NO4S/c1-4(8)7-5(3-12-10)6(9)11-2/h5,10H,3H2,1-2H3,(H,7,8)/t5-/m1/s1. The van der Waals surface area contributed by atoms with Crippen molar-refractivity contribution < 1.29 is 18.9 Å². The van der Waals surface area contributed by atoms with Gasteiger partial charge in [-0.3, -0.25) is 4.79 Å². The molecule has 0 aliphatic carbocycles. The molecule has 0 bridgehead atoms. The molecule has 5 nitrogen and oxygen atoms in total. The number of rotatable bonds is 4. The summed E-state index contributed by atoms with van der Waals surface area (Å²) in [6.45, 7) is 1.29. The van der Waals surface area contributed by atoms with Crippen LogP contribution in [-0.4, -0.2) is 35.3 Å². The number of hydrogen-bond acceptors (Lipinski definition) is 5. The van der Waals surface area contributed by atoms with E-state index in [0.717, 1.165) is 0 Å². The molecule has 0 spiro atoms. The summed E-state index contributed by atoms with van der Waals surface area (Å²) in [4.78, 5) is 21.4. The predicted molar refractivity (Wildman–Crippen MR) is 44.7 cm³/mol. The Hall–Kier alpha value is -0.750. The van der Waals surface area contributed by atoms with Gasteiger partial charge >= 0.3 is 5.97 Å². The summed E-state index contributed by atoms with van der Waals surface area (Å²) < 4.78 is 12.8. The summed E-state index contributed by atoms with van der Waals surface area (Å²) in [5, 5.41) is 2.34. The van der Waals surface area contributed by atoms with Gasteiger partial charge in [-0.1, -0.05) is 0 Å². The maximum absolute atomic E-state index is 10.9. The van der Waals surface area contributed by atoms with Crippen LogP contribution in [0.25, 0.3) is 0 Å². The maximum Gasteiger partial charge on any atom is 0.329 e. The zero-order chi connectivity index (χ0) is 9.56. The van der Waals surface area contributed by atoms with Crippen LogP contribution in [0.2, 0.25) is 0 Å². The number of carbonyl (C=O) groups excluding carboxylic acids is 2. The summed E-state index contributed by atoms with van der Waals surface area (Å²) in [5.41, 5.74) is 0. The molecule has 0 heterocycles.